The summed E-state index contributed by atoms with van der Waals surface area (Å²) in [6, 6.07) is 14.5. The molecule has 166 valence electrons. The van der Waals surface area contributed by atoms with Crippen molar-refractivity contribution in [1.29, 1.82) is 0 Å². The summed E-state index contributed by atoms with van der Waals surface area (Å²) in [6.45, 7) is 1.42. The monoisotopic (exact) mass is 443 g/mol. The summed E-state index contributed by atoms with van der Waals surface area (Å²) in [5, 5.41) is 11.8. The highest BCUT2D eigenvalue weighted by Gasteiger charge is 2.49. The normalized spacial score (nSPS) is 17.4. The molecule has 0 saturated heterocycles. The third-order valence-electron chi connectivity index (χ3n) is 5.01. The number of aryl methyl sites for hydroxylation is 1. The summed E-state index contributed by atoms with van der Waals surface area (Å²) < 4.78 is 56.8. The molecule has 1 aliphatic rings. The summed E-state index contributed by atoms with van der Waals surface area (Å²) in [5.74, 6) is -4.01. The molecule has 1 aliphatic heterocycles. The van der Waals surface area contributed by atoms with E-state index in [0.717, 1.165) is 17.7 Å². The number of amidine groups is 1. The Morgan fingerprint density at radius 1 is 1.12 bits per heavy atom. The van der Waals surface area contributed by atoms with Gasteiger partial charge in [0.2, 0.25) is 0 Å². The first kappa shape index (κ1) is 21.4. The number of alkyl halides is 1. The van der Waals surface area contributed by atoms with Crippen LogP contribution in [-0.4, -0.2) is 23.4 Å². The summed E-state index contributed by atoms with van der Waals surface area (Å²) in [6.07, 6.45) is 0. The van der Waals surface area contributed by atoms with Gasteiger partial charge in [-0.3, -0.25) is 0 Å². The Morgan fingerprint density at radius 3 is 2.59 bits per heavy atom. The van der Waals surface area contributed by atoms with E-state index in [9.17, 15) is 9.50 Å². The van der Waals surface area contributed by atoms with Crippen LogP contribution in [0.1, 0.15) is 16.7 Å². The molecule has 1 atom stereocenters. The highest BCUT2D eigenvalue weighted by atomic mass is 19.2. The number of hydrogen-bond donors (Lipinski definition) is 2. The van der Waals surface area contributed by atoms with Crippen molar-refractivity contribution in [2.45, 2.75) is 19.4 Å². The Bertz CT molecular complexity index is 1170. The van der Waals surface area contributed by atoms with Crippen molar-refractivity contribution >= 4 is 17.4 Å². The summed E-state index contributed by atoms with van der Waals surface area (Å²) in [7, 11) is 1.38. The molecule has 0 aliphatic carbocycles. The molecule has 0 saturated carbocycles. The first-order valence-electron chi connectivity index (χ1n) is 9.68. The average Bonchev–Trinajstić information content (AvgIpc) is 2.79. The van der Waals surface area contributed by atoms with Crippen molar-refractivity contribution < 1.29 is 27.8 Å². The zero-order chi connectivity index (χ0) is 22.9. The first-order chi connectivity index (χ1) is 15.3. The number of aliphatic imine (C=N–C) groups is 1. The lowest BCUT2D eigenvalue weighted by atomic mass is 10.1. The van der Waals surface area contributed by atoms with Gasteiger partial charge in [0.25, 0.3) is 0 Å². The molecule has 9 heteroatoms. The van der Waals surface area contributed by atoms with Gasteiger partial charge in [-0.15, -0.1) is 0 Å². The SMILES string of the molecule is COc1ccc2c(c1)C(F)(Nc1cc(O)c(C)cc1F)N(F)C(OCc1ccccc1)=N2. The summed E-state index contributed by atoms with van der Waals surface area (Å²) in [5.41, 5.74) is 0.324. The Kier molecular flexibility index (Phi) is 5.56. The number of benzene rings is 3. The summed E-state index contributed by atoms with van der Waals surface area (Å²) >= 11 is 0. The lowest BCUT2D eigenvalue weighted by Gasteiger charge is -2.36. The maximum absolute atomic E-state index is 16.3. The van der Waals surface area contributed by atoms with Crippen molar-refractivity contribution in [3.05, 3.63) is 83.2 Å². The third kappa shape index (κ3) is 3.89. The highest BCUT2D eigenvalue weighted by Crippen LogP contribution is 2.44. The smallest absolute Gasteiger partial charge is 0.326 e. The Labute approximate surface area is 182 Å². The van der Waals surface area contributed by atoms with Crippen LogP contribution in [0.4, 0.5) is 24.6 Å². The molecule has 3 aromatic rings. The van der Waals surface area contributed by atoms with Crippen LogP contribution in [-0.2, 0) is 17.3 Å². The fourth-order valence-electron chi connectivity index (χ4n) is 3.25. The number of anilines is 1. The second kappa shape index (κ2) is 8.33. The minimum Gasteiger partial charge on any atom is -0.508 e. The average molecular weight is 443 g/mol. The Morgan fingerprint density at radius 2 is 1.88 bits per heavy atom. The van der Waals surface area contributed by atoms with Gasteiger partial charge in [0.1, 0.15) is 23.9 Å². The zero-order valence-corrected chi connectivity index (χ0v) is 17.3. The number of fused-ring (bicyclic) bond motifs is 1. The molecule has 2 N–H and O–H groups in total. The van der Waals surface area contributed by atoms with Gasteiger partial charge in [-0.05, 0) is 42.3 Å². The number of rotatable bonds is 5. The molecule has 1 unspecified atom stereocenters. The predicted octanol–water partition coefficient (Wildman–Crippen LogP) is 5.44. The topological polar surface area (TPSA) is 66.3 Å². The molecule has 0 spiro atoms. The van der Waals surface area contributed by atoms with Gasteiger partial charge in [-0.2, -0.15) is 9.38 Å². The second-order valence-corrected chi connectivity index (χ2v) is 7.20. The molecule has 0 radical (unpaired) electrons. The fourth-order valence-corrected chi connectivity index (χ4v) is 3.25. The van der Waals surface area contributed by atoms with E-state index in [-0.39, 0.29) is 40.0 Å². The van der Waals surface area contributed by atoms with Gasteiger partial charge in [-0.25, -0.2) is 4.39 Å². The van der Waals surface area contributed by atoms with Gasteiger partial charge in [0, 0.05) is 6.07 Å². The second-order valence-electron chi connectivity index (χ2n) is 7.20. The van der Waals surface area contributed by atoms with E-state index in [2.05, 4.69) is 10.3 Å². The lowest BCUT2D eigenvalue weighted by Crippen LogP contribution is -2.49. The molecule has 6 nitrogen and oxygen atoms in total. The first-order valence-corrected chi connectivity index (χ1v) is 9.68. The number of phenols is 1. The van der Waals surface area contributed by atoms with Crippen LogP contribution >= 0.6 is 0 Å². The quantitative estimate of drug-likeness (QED) is 0.406. The largest absolute Gasteiger partial charge is 0.508 e. The minimum atomic E-state index is -3.11. The highest BCUT2D eigenvalue weighted by molar-refractivity contribution is 5.82. The van der Waals surface area contributed by atoms with Gasteiger partial charge >= 0.3 is 11.9 Å². The van der Waals surface area contributed by atoms with Crippen molar-refractivity contribution in [1.82, 2.24) is 5.12 Å². The molecule has 32 heavy (non-hydrogen) atoms. The van der Waals surface area contributed by atoms with Crippen LogP contribution in [0.15, 0.2) is 65.7 Å². The molecule has 0 fully saturated rings. The van der Waals surface area contributed by atoms with Crippen LogP contribution in [0.5, 0.6) is 11.5 Å². The molecule has 0 bridgehead atoms. The predicted molar refractivity (Wildman–Crippen MR) is 113 cm³/mol. The molecule has 0 amide bonds. The molecule has 1 heterocycles. The minimum absolute atomic E-state index is 0.0644. The Balaban J connectivity index is 1.75. The van der Waals surface area contributed by atoms with Crippen LogP contribution in [0.3, 0.4) is 0 Å². The molecular weight excluding hydrogens is 423 g/mol. The van der Waals surface area contributed by atoms with Crippen molar-refractivity contribution in [2.75, 3.05) is 12.4 Å². The maximum Gasteiger partial charge on any atom is 0.326 e. The molecule has 0 aromatic heterocycles. The van der Waals surface area contributed by atoms with E-state index in [1.54, 1.807) is 24.3 Å². The van der Waals surface area contributed by atoms with E-state index < -0.39 is 23.4 Å². The van der Waals surface area contributed by atoms with Crippen LogP contribution in [0.2, 0.25) is 0 Å². The number of halogens is 3. The van der Waals surface area contributed by atoms with Crippen molar-refractivity contribution in [3.63, 3.8) is 0 Å². The number of phenolic OH excluding ortho intramolecular Hbond substituents is 1. The Hall–Kier alpha value is -3.88. The van der Waals surface area contributed by atoms with Crippen LogP contribution < -0.4 is 10.1 Å². The van der Waals surface area contributed by atoms with E-state index >= 15 is 8.87 Å². The molecule has 4 rings (SSSR count). The van der Waals surface area contributed by atoms with E-state index in [0.29, 0.717) is 0 Å². The van der Waals surface area contributed by atoms with E-state index in [4.69, 9.17) is 9.47 Å². The standard InChI is InChI=1S/C23H20F3N3O3/c1-14-10-18(24)20(12-21(14)30)28-23(25)17-11-16(31-2)8-9-19(17)27-22(29(23)26)32-13-15-6-4-3-5-7-15/h3-12,28,30H,13H2,1-2H3. The lowest BCUT2D eigenvalue weighted by molar-refractivity contribution is -0.107. The number of methoxy groups -OCH3 is 1. The number of nitrogens with one attached hydrogen (secondary N) is 1. The number of aromatic hydroxyl groups is 1. The molecule has 3 aromatic carbocycles. The maximum atomic E-state index is 16.3. The van der Waals surface area contributed by atoms with Crippen LogP contribution in [0.25, 0.3) is 0 Å². The van der Waals surface area contributed by atoms with Gasteiger partial charge in [0.15, 0.2) is 0 Å². The van der Waals surface area contributed by atoms with Gasteiger partial charge in [-0.1, -0.05) is 39.9 Å². The van der Waals surface area contributed by atoms with Crippen LogP contribution in [0, 0.1) is 12.7 Å². The number of nitrogens with zero attached hydrogens (tertiary/aromatic N) is 2. The van der Waals surface area contributed by atoms with Crippen molar-refractivity contribution in [3.8, 4) is 11.5 Å². The fraction of sp³-hybridized carbons (Fsp3) is 0.174. The van der Waals surface area contributed by atoms with Gasteiger partial charge < -0.3 is 19.9 Å². The molecular formula is C23H20F3N3O3. The summed E-state index contributed by atoms with van der Waals surface area (Å²) in [4.78, 5) is 4.07. The van der Waals surface area contributed by atoms with E-state index in [1.807, 2.05) is 6.07 Å². The van der Waals surface area contributed by atoms with Gasteiger partial charge in [0.05, 0.1) is 24.0 Å². The number of hydrogen-bond acceptors (Lipinski definition) is 6. The zero-order valence-electron chi connectivity index (χ0n) is 17.3. The third-order valence-corrected chi connectivity index (χ3v) is 5.01. The van der Waals surface area contributed by atoms with Crippen molar-refractivity contribution in [2.24, 2.45) is 4.99 Å². The van der Waals surface area contributed by atoms with E-state index in [1.165, 1.54) is 32.2 Å². The number of ether oxygens (including phenoxy) is 2.